The summed E-state index contributed by atoms with van der Waals surface area (Å²) in [5.41, 5.74) is 0.493. The van der Waals surface area contributed by atoms with Crippen molar-refractivity contribution >= 4 is 5.91 Å². The lowest BCUT2D eigenvalue weighted by Crippen LogP contribution is -2.49. The highest BCUT2D eigenvalue weighted by atomic mass is 16.3. The summed E-state index contributed by atoms with van der Waals surface area (Å²) >= 11 is 0. The van der Waals surface area contributed by atoms with Gasteiger partial charge in [0.05, 0.1) is 12.6 Å². The molecule has 1 aromatic heterocycles. The number of carbonyl (C=O) groups excluding carboxylic acids is 1. The number of carbonyl (C=O) groups is 1. The van der Waals surface area contributed by atoms with Crippen LogP contribution in [0.15, 0.2) is 12.3 Å². The van der Waals surface area contributed by atoms with Crippen molar-refractivity contribution in [2.45, 2.75) is 25.8 Å². The number of aliphatic hydroxyl groups is 1. The van der Waals surface area contributed by atoms with Gasteiger partial charge in [0.25, 0.3) is 5.91 Å². The molecule has 0 saturated carbocycles. The molecule has 1 saturated heterocycles. The predicted octanol–water partition coefficient (Wildman–Crippen LogP) is 0.643. The molecule has 5 heteroatoms. The van der Waals surface area contributed by atoms with Gasteiger partial charge in [0.1, 0.15) is 5.69 Å². The van der Waals surface area contributed by atoms with Crippen LogP contribution >= 0.6 is 0 Å². The van der Waals surface area contributed by atoms with Crippen LogP contribution in [0, 0.1) is 5.92 Å². The van der Waals surface area contributed by atoms with Gasteiger partial charge in [-0.2, -0.15) is 5.10 Å². The molecule has 2 N–H and O–H groups in total. The van der Waals surface area contributed by atoms with Crippen LogP contribution in [0.3, 0.4) is 0 Å². The van der Waals surface area contributed by atoms with Crippen molar-refractivity contribution in [2.75, 3.05) is 13.2 Å². The first kappa shape index (κ1) is 11.1. The summed E-state index contributed by atoms with van der Waals surface area (Å²) in [5.74, 6) is 0.286. The fourth-order valence-corrected chi connectivity index (χ4v) is 2.31. The minimum absolute atomic E-state index is 0.0288. The monoisotopic (exact) mass is 223 g/mol. The Kier molecular flexibility index (Phi) is 3.24. The fraction of sp³-hybridized carbons (Fsp3) is 0.636. The first-order chi connectivity index (χ1) is 7.74. The Morgan fingerprint density at radius 1 is 1.75 bits per heavy atom. The van der Waals surface area contributed by atoms with E-state index in [0.717, 1.165) is 12.8 Å². The lowest BCUT2D eigenvalue weighted by Gasteiger charge is -2.38. The maximum absolute atomic E-state index is 12.1. The molecule has 5 nitrogen and oxygen atoms in total. The number of aromatic amines is 1. The van der Waals surface area contributed by atoms with E-state index in [2.05, 4.69) is 17.1 Å². The van der Waals surface area contributed by atoms with E-state index in [-0.39, 0.29) is 18.6 Å². The number of rotatable bonds is 2. The number of amides is 1. The molecule has 1 aromatic rings. The third kappa shape index (κ3) is 1.95. The van der Waals surface area contributed by atoms with Gasteiger partial charge in [-0.1, -0.05) is 6.92 Å². The highest BCUT2D eigenvalue weighted by Crippen LogP contribution is 2.24. The molecule has 1 aliphatic rings. The van der Waals surface area contributed by atoms with E-state index in [1.54, 1.807) is 17.2 Å². The second kappa shape index (κ2) is 4.65. The highest BCUT2D eigenvalue weighted by Gasteiger charge is 2.32. The van der Waals surface area contributed by atoms with Gasteiger partial charge < -0.3 is 10.0 Å². The maximum atomic E-state index is 12.1. The Balaban J connectivity index is 2.15. The summed E-state index contributed by atoms with van der Waals surface area (Å²) in [6.45, 7) is 2.82. The van der Waals surface area contributed by atoms with Crippen LogP contribution in [0.25, 0.3) is 0 Å². The molecular weight excluding hydrogens is 206 g/mol. The zero-order valence-electron chi connectivity index (χ0n) is 9.39. The Labute approximate surface area is 94.5 Å². The van der Waals surface area contributed by atoms with Gasteiger partial charge in [-0.25, -0.2) is 0 Å². The van der Waals surface area contributed by atoms with E-state index in [1.165, 1.54) is 0 Å². The smallest absolute Gasteiger partial charge is 0.272 e. The largest absolute Gasteiger partial charge is 0.394 e. The van der Waals surface area contributed by atoms with Crippen molar-refractivity contribution in [1.82, 2.24) is 15.1 Å². The van der Waals surface area contributed by atoms with Crippen molar-refractivity contribution in [3.05, 3.63) is 18.0 Å². The standard InChI is InChI=1S/C11H17N3O2/c1-8-3-2-6-14(10(8)7-15)11(16)9-4-5-12-13-9/h4-5,8,10,15H,2-3,6-7H2,1H3,(H,12,13). The molecule has 1 fully saturated rings. The quantitative estimate of drug-likeness (QED) is 0.773. The van der Waals surface area contributed by atoms with Gasteiger partial charge in [-0.3, -0.25) is 9.89 Å². The topological polar surface area (TPSA) is 69.2 Å². The second-order valence-electron chi connectivity index (χ2n) is 4.34. The summed E-state index contributed by atoms with van der Waals surface area (Å²) in [6.07, 6.45) is 3.63. The molecule has 2 rings (SSSR count). The van der Waals surface area contributed by atoms with Gasteiger partial charge in [0, 0.05) is 12.7 Å². The van der Waals surface area contributed by atoms with Gasteiger partial charge >= 0.3 is 0 Å². The summed E-state index contributed by atoms with van der Waals surface area (Å²) in [5, 5.41) is 15.8. The lowest BCUT2D eigenvalue weighted by atomic mass is 9.91. The number of H-pyrrole nitrogens is 1. The number of nitrogens with zero attached hydrogens (tertiary/aromatic N) is 2. The number of aromatic nitrogens is 2. The molecule has 0 radical (unpaired) electrons. The van der Waals surface area contributed by atoms with Crippen molar-refractivity contribution in [3.8, 4) is 0 Å². The predicted molar refractivity (Wildman–Crippen MR) is 58.9 cm³/mol. The number of piperidine rings is 1. The summed E-state index contributed by atoms with van der Waals surface area (Å²) in [6, 6.07) is 1.60. The average molecular weight is 223 g/mol. The molecule has 88 valence electrons. The Morgan fingerprint density at radius 2 is 2.56 bits per heavy atom. The van der Waals surface area contributed by atoms with Gasteiger partial charge in [0.2, 0.25) is 0 Å². The van der Waals surface area contributed by atoms with Crippen LogP contribution in [0.1, 0.15) is 30.3 Å². The third-order valence-electron chi connectivity index (χ3n) is 3.29. The maximum Gasteiger partial charge on any atom is 0.272 e. The Morgan fingerprint density at radius 3 is 3.19 bits per heavy atom. The zero-order chi connectivity index (χ0) is 11.5. The van der Waals surface area contributed by atoms with Gasteiger partial charge in [-0.15, -0.1) is 0 Å². The van der Waals surface area contributed by atoms with E-state index in [4.69, 9.17) is 0 Å². The van der Waals surface area contributed by atoms with Crippen LogP contribution < -0.4 is 0 Å². The lowest BCUT2D eigenvalue weighted by molar-refractivity contribution is 0.0353. The molecule has 2 atom stereocenters. The van der Waals surface area contributed by atoms with E-state index >= 15 is 0 Å². The van der Waals surface area contributed by atoms with Crippen LogP contribution in [-0.4, -0.2) is 45.3 Å². The third-order valence-corrected chi connectivity index (χ3v) is 3.29. The summed E-state index contributed by atoms with van der Waals surface area (Å²) in [4.78, 5) is 13.9. The minimum atomic E-state index is -0.0666. The summed E-state index contributed by atoms with van der Waals surface area (Å²) < 4.78 is 0. The molecule has 0 spiro atoms. The van der Waals surface area contributed by atoms with Crippen molar-refractivity contribution < 1.29 is 9.90 Å². The Hall–Kier alpha value is -1.36. The van der Waals surface area contributed by atoms with Crippen LogP contribution in [-0.2, 0) is 0 Å². The SMILES string of the molecule is CC1CCCN(C(=O)c2ccn[nH]2)C1CO. The zero-order valence-corrected chi connectivity index (χ0v) is 9.39. The van der Waals surface area contributed by atoms with Crippen molar-refractivity contribution in [3.63, 3.8) is 0 Å². The highest BCUT2D eigenvalue weighted by molar-refractivity contribution is 5.92. The molecule has 0 bridgehead atoms. The van der Waals surface area contributed by atoms with Gasteiger partial charge in [0.15, 0.2) is 0 Å². The first-order valence-electron chi connectivity index (χ1n) is 5.65. The van der Waals surface area contributed by atoms with Crippen LogP contribution in [0.2, 0.25) is 0 Å². The fourth-order valence-electron chi connectivity index (χ4n) is 2.31. The molecule has 2 unspecified atom stereocenters. The molecule has 0 aliphatic carbocycles. The minimum Gasteiger partial charge on any atom is -0.394 e. The van der Waals surface area contributed by atoms with E-state index in [9.17, 15) is 9.90 Å². The number of hydrogen-bond donors (Lipinski definition) is 2. The van der Waals surface area contributed by atoms with E-state index in [0.29, 0.717) is 18.2 Å². The number of nitrogens with one attached hydrogen (secondary N) is 1. The average Bonchev–Trinajstić information content (AvgIpc) is 2.81. The van der Waals surface area contributed by atoms with E-state index in [1.807, 2.05) is 0 Å². The van der Waals surface area contributed by atoms with Crippen molar-refractivity contribution in [1.29, 1.82) is 0 Å². The number of hydrogen-bond acceptors (Lipinski definition) is 3. The normalized spacial score (nSPS) is 25.8. The molecular formula is C11H17N3O2. The van der Waals surface area contributed by atoms with Crippen LogP contribution in [0.4, 0.5) is 0 Å². The summed E-state index contributed by atoms with van der Waals surface area (Å²) in [7, 11) is 0. The number of aliphatic hydroxyl groups excluding tert-OH is 1. The Bertz CT molecular complexity index is 350. The molecule has 16 heavy (non-hydrogen) atoms. The molecule has 1 aliphatic heterocycles. The van der Waals surface area contributed by atoms with E-state index < -0.39 is 0 Å². The second-order valence-corrected chi connectivity index (χ2v) is 4.34. The molecule has 1 amide bonds. The van der Waals surface area contributed by atoms with Gasteiger partial charge in [-0.05, 0) is 24.8 Å². The van der Waals surface area contributed by atoms with Crippen molar-refractivity contribution in [2.24, 2.45) is 5.92 Å². The first-order valence-corrected chi connectivity index (χ1v) is 5.65. The molecule has 0 aromatic carbocycles. The number of likely N-dealkylation sites (tertiary alicyclic amines) is 1. The molecule has 2 heterocycles. The van der Waals surface area contributed by atoms with Crippen LogP contribution in [0.5, 0.6) is 0 Å².